The van der Waals surface area contributed by atoms with Gasteiger partial charge < -0.3 is 10.4 Å². The molecule has 1 heterocycles. The van der Waals surface area contributed by atoms with Crippen LogP contribution in [-0.4, -0.2) is 22.0 Å². The number of hydrogen-bond donors (Lipinski definition) is 2. The highest BCUT2D eigenvalue weighted by Gasteiger charge is 2.15. The van der Waals surface area contributed by atoms with Gasteiger partial charge in [-0.05, 0) is 36.8 Å². The summed E-state index contributed by atoms with van der Waals surface area (Å²) >= 11 is 0. The number of carbonyl (C=O) groups excluding carboxylic acids is 1. The second kappa shape index (κ2) is 5.30. The molecule has 2 aromatic rings. The zero-order valence-corrected chi connectivity index (χ0v) is 10.3. The molecule has 96 valence electrons. The monoisotopic (exact) mass is 256 g/mol. The lowest BCUT2D eigenvalue weighted by Gasteiger charge is -2.07. The van der Waals surface area contributed by atoms with Crippen molar-refractivity contribution in [2.45, 2.75) is 6.92 Å². The summed E-state index contributed by atoms with van der Waals surface area (Å²) < 4.78 is 0. The van der Waals surface area contributed by atoms with Gasteiger partial charge in [-0.1, -0.05) is 12.1 Å². The van der Waals surface area contributed by atoms with Crippen molar-refractivity contribution in [2.75, 3.05) is 5.32 Å². The van der Waals surface area contributed by atoms with Gasteiger partial charge >= 0.3 is 5.97 Å². The normalized spacial score (nSPS) is 9.95. The van der Waals surface area contributed by atoms with Crippen LogP contribution in [0.5, 0.6) is 0 Å². The first-order chi connectivity index (χ1) is 9.08. The summed E-state index contributed by atoms with van der Waals surface area (Å²) in [6.45, 7) is 1.88. The molecule has 0 aliphatic carbocycles. The molecule has 1 aromatic carbocycles. The molecule has 2 rings (SSSR count). The van der Waals surface area contributed by atoms with Gasteiger partial charge in [0.1, 0.15) is 5.82 Å². The molecule has 0 fully saturated rings. The fourth-order valence-corrected chi connectivity index (χ4v) is 1.66. The molecule has 0 spiro atoms. The van der Waals surface area contributed by atoms with Crippen LogP contribution in [0.25, 0.3) is 0 Å². The zero-order valence-electron chi connectivity index (χ0n) is 10.3. The predicted octanol–water partition coefficient (Wildman–Crippen LogP) is 2.34. The highest BCUT2D eigenvalue weighted by molar-refractivity contribution is 6.10. The summed E-state index contributed by atoms with van der Waals surface area (Å²) in [5, 5.41) is 11.6. The van der Waals surface area contributed by atoms with E-state index in [0.717, 1.165) is 5.56 Å². The Kier molecular flexibility index (Phi) is 3.56. The van der Waals surface area contributed by atoms with Gasteiger partial charge in [-0.15, -0.1) is 0 Å². The van der Waals surface area contributed by atoms with Gasteiger partial charge in [-0.25, -0.2) is 9.78 Å². The third-order valence-electron chi connectivity index (χ3n) is 2.56. The van der Waals surface area contributed by atoms with Crippen molar-refractivity contribution in [3.8, 4) is 0 Å². The number of rotatable bonds is 3. The van der Waals surface area contributed by atoms with E-state index in [4.69, 9.17) is 5.11 Å². The first-order valence-corrected chi connectivity index (χ1v) is 5.64. The van der Waals surface area contributed by atoms with Crippen LogP contribution in [0.4, 0.5) is 5.82 Å². The minimum absolute atomic E-state index is 0.0346. The second-order valence-corrected chi connectivity index (χ2v) is 4.02. The van der Waals surface area contributed by atoms with Crippen LogP contribution in [0.1, 0.15) is 26.3 Å². The first-order valence-electron chi connectivity index (χ1n) is 5.64. The minimum Gasteiger partial charge on any atom is -0.478 e. The molecule has 0 aliphatic rings. The smallest absolute Gasteiger partial charge is 0.336 e. The number of nitrogens with zero attached hydrogens (tertiary/aromatic N) is 1. The number of carboxylic acid groups (broad SMARTS) is 1. The Hall–Kier alpha value is -2.69. The largest absolute Gasteiger partial charge is 0.478 e. The van der Waals surface area contributed by atoms with Gasteiger partial charge in [-0.2, -0.15) is 0 Å². The molecule has 0 saturated carbocycles. The summed E-state index contributed by atoms with van der Waals surface area (Å²) in [6.07, 6.45) is 1.58. The molecule has 1 amide bonds. The van der Waals surface area contributed by atoms with Crippen molar-refractivity contribution < 1.29 is 14.7 Å². The number of benzene rings is 1. The molecule has 1 aromatic heterocycles. The van der Waals surface area contributed by atoms with Crippen LogP contribution in [0, 0.1) is 6.92 Å². The molecule has 5 heteroatoms. The minimum atomic E-state index is -1.14. The predicted molar refractivity (Wildman–Crippen MR) is 70.3 cm³/mol. The van der Waals surface area contributed by atoms with Crippen LogP contribution in [0.2, 0.25) is 0 Å². The van der Waals surface area contributed by atoms with Crippen molar-refractivity contribution in [2.24, 2.45) is 0 Å². The van der Waals surface area contributed by atoms with Gasteiger partial charge in [0.25, 0.3) is 5.91 Å². The molecular formula is C14H12N2O3. The number of anilines is 1. The molecular weight excluding hydrogens is 244 g/mol. The SMILES string of the molecule is Cc1ccnc(NC(=O)c2ccccc2C(=O)O)c1. The Balaban J connectivity index is 2.28. The van der Waals surface area contributed by atoms with Gasteiger partial charge in [0.2, 0.25) is 0 Å². The van der Waals surface area contributed by atoms with E-state index in [1.165, 1.54) is 12.1 Å². The van der Waals surface area contributed by atoms with Crippen LogP contribution in [-0.2, 0) is 0 Å². The maximum absolute atomic E-state index is 12.0. The maximum Gasteiger partial charge on any atom is 0.336 e. The average molecular weight is 256 g/mol. The van der Waals surface area contributed by atoms with Gasteiger partial charge in [0.05, 0.1) is 11.1 Å². The molecule has 0 atom stereocenters. The molecule has 2 N–H and O–H groups in total. The summed E-state index contributed by atoms with van der Waals surface area (Å²) in [5.74, 6) is -1.23. The number of carboxylic acids is 1. The van der Waals surface area contributed by atoms with E-state index in [1.54, 1.807) is 30.5 Å². The number of nitrogens with one attached hydrogen (secondary N) is 1. The van der Waals surface area contributed by atoms with Gasteiger partial charge in [0, 0.05) is 6.20 Å². The Labute approximate surface area is 109 Å². The maximum atomic E-state index is 12.0. The van der Waals surface area contributed by atoms with E-state index in [2.05, 4.69) is 10.3 Å². The lowest BCUT2D eigenvalue weighted by Crippen LogP contribution is -2.17. The molecule has 0 radical (unpaired) electrons. The van der Waals surface area contributed by atoms with Crippen molar-refractivity contribution >= 4 is 17.7 Å². The van der Waals surface area contributed by atoms with E-state index in [-0.39, 0.29) is 11.1 Å². The lowest BCUT2D eigenvalue weighted by molar-refractivity contribution is 0.0692. The Morgan fingerprint density at radius 3 is 2.47 bits per heavy atom. The summed E-state index contributed by atoms with van der Waals surface area (Å²) in [5.41, 5.74) is 1.03. The van der Waals surface area contributed by atoms with E-state index < -0.39 is 11.9 Å². The zero-order chi connectivity index (χ0) is 13.8. The lowest BCUT2D eigenvalue weighted by atomic mass is 10.1. The number of carbonyl (C=O) groups is 2. The van der Waals surface area contributed by atoms with Gasteiger partial charge in [0.15, 0.2) is 0 Å². The summed E-state index contributed by atoms with van der Waals surface area (Å²) in [6, 6.07) is 9.56. The second-order valence-electron chi connectivity index (χ2n) is 4.02. The number of aromatic carboxylic acids is 1. The average Bonchev–Trinajstić information content (AvgIpc) is 2.38. The standard InChI is InChI=1S/C14H12N2O3/c1-9-6-7-15-12(8-9)16-13(17)10-4-2-3-5-11(10)14(18)19/h2-8H,1H3,(H,18,19)(H,15,16,17). The molecule has 0 saturated heterocycles. The number of pyridine rings is 1. The van der Waals surface area contributed by atoms with Crippen molar-refractivity contribution in [1.29, 1.82) is 0 Å². The Morgan fingerprint density at radius 1 is 1.16 bits per heavy atom. The van der Waals surface area contributed by atoms with E-state index in [9.17, 15) is 9.59 Å². The number of amides is 1. The molecule has 0 aliphatic heterocycles. The fraction of sp³-hybridized carbons (Fsp3) is 0.0714. The van der Waals surface area contributed by atoms with E-state index >= 15 is 0 Å². The first kappa shape index (κ1) is 12.8. The topological polar surface area (TPSA) is 79.3 Å². The highest BCUT2D eigenvalue weighted by atomic mass is 16.4. The fourth-order valence-electron chi connectivity index (χ4n) is 1.66. The molecule has 5 nitrogen and oxygen atoms in total. The van der Waals surface area contributed by atoms with Crippen molar-refractivity contribution in [1.82, 2.24) is 4.98 Å². The Bertz CT molecular complexity index is 638. The van der Waals surface area contributed by atoms with Crippen LogP contribution in [0.15, 0.2) is 42.6 Å². The molecule has 0 bridgehead atoms. The number of aromatic nitrogens is 1. The summed E-state index contributed by atoms with van der Waals surface area (Å²) in [4.78, 5) is 27.1. The van der Waals surface area contributed by atoms with Crippen molar-refractivity contribution in [3.63, 3.8) is 0 Å². The summed E-state index contributed by atoms with van der Waals surface area (Å²) in [7, 11) is 0. The molecule has 0 unspecified atom stereocenters. The van der Waals surface area contributed by atoms with Crippen LogP contribution >= 0.6 is 0 Å². The van der Waals surface area contributed by atoms with Crippen LogP contribution < -0.4 is 5.32 Å². The quantitative estimate of drug-likeness (QED) is 0.883. The van der Waals surface area contributed by atoms with Crippen LogP contribution in [0.3, 0.4) is 0 Å². The van der Waals surface area contributed by atoms with Gasteiger partial charge in [-0.3, -0.25) is 4.79 Å². The Morgan fingerprint density at radius 2 is 1.84 bits per heavy atom. The highest BCUT2D eigenvalue weighted by Crippen LogP contribution is 2.12. The molecule has 19 heavy (non-hydrogen) atoms. The number of hydrogen-bond acceptors (Lipinski definition) is 3. The number of aryl methyl sites for hydroxylation is 1. The van der Waals surface area contributed by atoms with E-state index in [0.29, 0.717) is 5.82 Å². The third kappa shape index (κ3) is 2.95. The van der Waals surface area contributed by atoms with E-state index in [1.807, 2.05) is 6.92 Å². The third-order valence-corrected chi connectivity index (χ3v) is 2.56. The van der Waals surface area contributed by atoms with Crippen molar-refractivity contribution in [3.05, 3.63) is 59.3 Å².